The normalized spacial score (nSPS) is 9.86. The van der Waals surface area contributed by atoms with Gasteiger partial charge in [-0.3, -0.25) is 4.79 Å². The fourth-order valence-electron chi connectivity index (χ4n) is 1.15. The van der Waals surface area contributed by atoms with Gasteiger partial charge in [-0.2, -0.15) is 0 Å². The molecular formula is C11H15NO2. The van der Waals surface area contributed by atoms with Gasteiger partial charge in [0.15, 0.2) is 0 Å². The molecule has 0 bridgehead atoms. The van der Waals surface area contributed by atoms with Crippen molar-refractivity contribution in [1.29, 1.82) is 0 Å². The zero-order chi connectivity index (χ0) is 10.4. The Bertz CT molecular complexity index is 285. The van der Waals surface area contributed by atoms with Crippen LogP contribution in [0.1, 0.15) is 6.42 Å². The smallest absolute Gasteiger partial charge is 0.229 e. The molecule has 0 aliphatic rings. The fourth-order valence-corrected chi connectivity index (χ4v) is 1.15. The summed E-state index contributed by atoms with van der Waals surface area (Å²) in [5, 5.41) is 0. The second-order valence-corrected chi connectivity index (χ2v) is 3.03. The van der Waals surface area contributed by atoms with E-state index in [1.165, 1.54) is 0 Å². The van der Waals surface area contributed by atoms with E-state index >= 15 is 0 Å². The molecule has 0 radical (unpaired) electrons. The lowest BCUT2D eigenvalue weighted by molar-refractivity contribution is -0.119. The van der Waals surface area contributed by atoms with Gasteiger partial charge in [-0.25, -0.2) is 0 Å². The Kier molecular flexibility index (Phi) is 4.13. The molecule has 0 aromatic heterocycles. The highest BCUT2D eigenvalue weighted by Crippen LogP contribution is 2.11. The molecule has 0 atom stereocenters. The molecule has 0 fully saturated rings. The van der Waals surface area contributed by atoms with Crippen molar-refractivity contribution in [2.75, 3.05) is 25.7 Å². The van der Waals surface area contributed by atoms with E-state index in [1.54, 1.807) is 19.1 Å². The molecule has 0 N–H and O–H groups in total. The molecule has 0 saturated carbocycles. The Hall–Kier alpha value is -1.35. The molecule has 0 aliphatic heterocycles. The van der Waals surface area contributed by atoms with Gasteiger partial charge in [0, 0.05) is 19.8 Å². The van der Waals surface area contributed by atoms with E-state index in [2.05, 4.69) is 0 Å². The van der Waals surface area contributed by atoms with Crippen molar-refractivity contribution in [3.63, 3.8) is 0 Å². The summed E-state index contributed by atoms with van der Waals surface area (Å²) < 4.78 is 4.85. The molecule has 1 aromatic rings. The quantitative estimate of drug-likeness (QED) is 0.728. The van der Waals surface area contributed by atoms with Crippen molar-refractivity contribution < 1.29 is 9.53 Å². The van der Waals surface area contributed by atoms with Crippen LogP contribution < -0.4 is 4.90 Å². The number of anilines is 1. The Morgan fingerprint density at radius 3 is 2.57 bits per heavy atom. The number of nitrogens with zero attached hydrogens (tertiary/aromatic N) is 1. The van der Waals surface area contributed by atoms with Gasteiger partial charge in [0.2, 0.25) is 5.91 Å². The first-order chi connectivity index (χ1) is 6.75. The van der Waals surface area contributed by atoms with Crippen LogP contribution in [-0.4, -0.2) is 26.7 Å². The van der Waals surface area contributed by atoms with E-state index < -0.39 is 0 Å². The highest BCUT2D eigenvalue weighted by molar-refractivity contribution is 5.92. The van der Waals surface area contributed by atoms with Crippen LogP contribution in [0.4, 0.5) is 5.69 Å². The third kappa shape index (κ3) is 2.85. The maximum atomic E-state index is 11.5. The summed E-state index contributed by atoms with van der Waals surface area (Å²) in [7, 11) is 3.36. The topological polar surface area (TPSA) is 29.5 Å². The number of carbonyl (C=O) groups is 1. The summed E-state index contributed by atoms with van der Waals surface area (Å²) in [6.45, 7) is 0.468. The first-order valence-corrected chi connectivity index (χ1v) is 4.56. The molecule has 1 aromatic carbocycles. The van der Waals surface area contributed by atoms with Gasteiger partial charge in [0.1, 0.15) is 0 Å². The lowest BCUT2D eigenvalue weighted by atomic mass is 10.3. The number of para-hydroxylation sites is 1. The average Bonchev–Trinajstić information content (AvgIpc) is 2.26. The molecule has 3 nitrogen and oxygen atoms in total. The van der Waals surface area contributed by atoms with E-state index in [0.717, 1.165) is 5.69 Å². The third-order valence-electron chi connectivity index (χ3n) is 2.04. The number of ether oxygens (including phenoxy) is 1. The predicted molar refractivity (Wildman–Crippen MR) is 56.3 cm³/mol. The van der Waals surface area contributed by atoms with Crippen LogP contribution in [0, 0.1) is 0 Å². The Balaban J connectivity index is 2.57. The lowest BCUT2D eigenvalue weighted by Gasteiger charge is -2.16. The lowest BCUT2D eigenvalue weighted by Crippen LogP contribution is -2.26. The second kappa shape index (κ2) is 5.40. The average molecular weight is 193 g/mol. The van der Waals surface area contributed by atoms with E-state index in [4.69, 9.17) is 4.74 Å². The van der Waals surface area contributed by atoms with Gasteiger partial charge in [-0.05, 0) is 12.1 Å². The number of benzene rings is 1. The first-order valence-electron chi connectivity index (χ1n) is 4.56. The maximum Gasteiger partial charge on any atom is 0.229 e. The number of hydrogen-bond donors (Lipinski definition) is 0. The molecule has 14 heavy (non-hydrogen) atoms. The molecule has 76 valence electrons. The standard InChI is InChI=1S/C11H15NO2/c1-12(11(13)8-9-14-2)10-6-4-3-5-7-10/h3-7H,8-9H2,1-2H3. The van der Waals surface area contributed by atoms with Gasteiger partial charge in [-0.15, -0.1) is 0 Å². The number of amides is 1. The molecule has 0 heterocycles. The molecular weight excluding hydrogens is 178 g/mol. The maximum absolute atomic E-state index is 11.5. The fraction of sp³-hybridized carbons (Fsp3) is 0.364. The molecule has 1 rings (SSSR count). The molecule has 1 amide bonds. The summed E-state index contributed by atoms with van der Waals surface area (Å²) in [5.74, 6) is 0.0676. The van der Waals surface area contributed by atoms with Crippen LogP contribution >= 0.6 is 0 Å². The Morgan fingerprint density at radius 2 is 2.00 bits per heavy atom. The van der Waals surface area contributed by atoms with Crippen molar-refractivity contribution in [2.24, 2.45) is 0 Å². The Labute approximate surface area is 84.3 Å². The van der Waals surface area contributed by atoms with Gasteiger partial charge in [-0.1, -0.05) is 18.2 Å². The largest absolute Gasteiger partial charge is 0.384 e. The van der Waals surface area contributed by atoms with Crippen LogP contribution in [-0.2, 0) is 9.53 Å². The molecule has 0 unspecified atom stereocenters. The van der Waals surface area contributed by atoms with Gasteiger partial charge in [0.25, 0.3) is 0 Å². The van der Waals surface area contributed by atoms with E-state index in [0.29, 0.717) is 13.0 Å². The highest BCUT2D eigenvalue weighted by Gasteiger charge is 2.09. The van der Waals surface area contributed by atoms with Crippen molar-refractivity contribution in [1.82, 2.24) is 0 Å². The van der Waals surface area contributed by atoms with Crippen molar-refractivity contribution in [2.45, 2.75) is 6.42 Å². The summed E-state index contributed by atoms with van der Waals surface area (Å²) in [5.41, 5.74) is 0.911. The number of methoxy groups -OCH3 is 1. The van der Waals surface area contributed by atoms with Crippen LogP contribution in [0.2, 0.25) is 0 Å². The third-order valence-corrected chi connectivity index (χ3v) is 2.04. The summed E-state index contributed by atoms with van der Waals surface area (Å²) in [6, 6.07) is 9.57. The van der Waals surface area contributed by atoms with Crippen molar-refractivity contribution in [3.05, 3.63) is 30.3 Å². The van der Waals surface area contributed by atoms with Crippen LogP contribution in [0.3, 0.4) is 0 Å². The van der Waals surface area contributed by atoms with E-state index in [1.807, 2.05) is 30.3 Å². The number of carbonyl (C=O) groups excluding carboxylic acids is 1. The van der Waals surface area contributed by atoms with E-state index in [-0.39, 0.29) is 5.91 Å². The molecule has 0 spiro atoms. The molecule has 3 heteroatoms. The van der Waals surface area contributed by atoms with Gasteiger partial charge in [0.05, 0.1) is 13.0 Å². The number of hydrogen-bond acceptors (Lipinski definition) is 2. The minimum atomic E-state index is 0.0676. The SMILES string of the molecule is COCCC(=O)N(C)c1ccccc1. The van der Waals surface area contributed by atoms with Crippen molar-refractivity contribution >= 4 is 11.6 Å². The first kappa shape index (κ1) is 10.7. The molecule has 0 aliphatic carbocycles. The minimum absolute atomic E-state index is 0.0676. The van der Waals surface area contributed by atoms with Crippen LogP contribution in [0.15, 0.2) is 30.3 Å². The zero-order valence-corrected chi connectivity index (χ0v) is 8.56. The summed E-state index contributed by atoms with van der Waals surface area (Å²) in [6.07, 6.45) is 0.419. The monoisotopic (exact) mass is 193 g/mol. The van der Waals surface area contributed by atoms with Gasteiger partial charge < -0.3 is 9.64 Å². The Morgan fingerprint density at radius 1 is 1.36 bits per heavy atom. The van der Waals surface area contributed by atoms with Crippen molar-refractivity contribution in [3.8, 4) is 0 Å². The number of rotatable bonds is 4. The molecule has 0 saturated heterocycles. The van der Waals surface area contributed by atoms with Gasteiger partial charge >= 0.3 is 0 Å². The van der Waals surface area contributed by atoms with E-state index in [9.17, 15) is 4.79 Å². The zero-order valence-electron chi connectivity index (χ0n) is 8.56. The van der Waals surface area contributed by atoms with Crippen LogP contribution in [0.25, 0.3) is 0 Å². The summed E-state index contributed by atoms with van der Waals surface area (Å²) in [4.78, 5) is 13.2. The predicted octanol–water partition coefficient (Wildman–Crippen LogP) is 1.69. The summed E-state index contributed by atoms with van der Waals surface area (Å²) >= 11 is 0. The highest BCUT2D eigenvalue weighted by atomic mass is 16.5. The van der Waals surface area contributed by atoms with Crippen LogP contribution in [0.5, 0.6) is 0 Å². The minimum Gasteiger partial charge on any atom is -0.384 e. The second-order valence-electron chi connectivity index (χ2n) is 3.03.